The van der Waals surface area contributed by atoms with Gasteiger partial charge in [0.1, 0.15) is 11.5 Å². The lowest BCUT2D eigenvalue weighted by atomic mass is 9.69. The van der Waals surface area contributed by atoms with E-state index < -0.39 is 5.41 Å². The van der Waals surface area contributed by atoms with Gasteiger partial charge in [0.2, 0.25) is 0 Å². The number of hydrogen-bond donors (Lipinski definition) is 0. The highest BCUT2D eigenvalue weighted by Crippen LogP contribution is 2.38. The van der Waals surface area contributed by atoms with Crippen LogP contribution in [0.4, 0.5) is 0 Å². The zero-order valence-corrected chi connectivity index (χ0v) is 14.2. The summed E-state index contributed by atoms with van der Waals surface area (Å²) in [7, 11) is 2.08. The Kier molecular flexibility index (Phi) is 6.57. The first-order valence-corrected chi connectivity index (χ1v) is 7.49. The van der Waals surface area contributed by atoms with E-state index in [2.05, 4.69) is 11.9 Å². The van der Waals surface area contributed by atoms with Crippen LogP contribution in [0.1, 0.15) is 38.7 Å². The third-order valence-corrected chi connectivity index (χ3v) is 4.34. The zero-order chi connectivity index (χ0) is 15.5. The molecule has 0 spiro atoms. The van der Waals surface area contributed by atoms with Crippen LogP contribution >= 0.6 is 12.4 Å². The molecule has 1 heterocycles. The number of ether oxygens (including phenoxy) is 1. The van der Waals surface area contributed by atoms with E-state index in [4.69, 9.17) is 4.74 Å². The number of nitrogens with zero attached hydrogens (tertiary/aromatic N) is 1. The predicted octanol–water partition coefficient (Wildman–Crippen LogP) is 2.98. The van der Waals surface area contributed by atoms with Crippen LogP contribution in [0.15, 0.2) is 24.3 Å². The van der Waals surface area contributed by atoms with Crippen molar-refractivity contribution in [1.29, 1.82) is 0 Å². The van der Waals surface area contributed by atoms with Crippen LogP contribution in [0, 0.1) is 0 Å². The fourth-order valence-corrected chi connectivity index (χ4v) is 3.09. The molecule has 0 saturated carbocycles. The van der Waals surface area contributed by atoms with Crippen molar-refractivity contribution >= 4 is 24.2 Å². The molecule has 0 N–H and O–H groups in total. The Morgan fingerprint density at radius 3 is 2.45 bits per heavy atom. The number of ketones is 1. The van der Waals surface area contributed by atoms with Gasteiger partial charge in [-0.15, -0.1) is 12.4 Å². The maximum Gasteiger partial charge on any atom is 0.308 e. The molecular formula is C17H24ClNO3. The number of halogens is 1. The summed E-state index contributed by atoms with van der Waals surface area (Å²) in [6.07, 6.45) is 2.17. The molecule has 1 aliphatic rings. The molecule has 1 aromatic carbocycles. The molecule has 1 aliphatic heterocycles. The molecule has 0 unspecified atom stereocenters. The minimum Gasteiger partial charge on any atom is -0.427 e. The van der Waals surface area contributed by atoms with Crippen LogP contribution in [0.25, 0.3) is 0 Å². The lowest BCUT2D eigenvalue weighted by molar-refractivity contribution is -0.131. The van der Waals surface area contributed by atoms with Gasteiger partial charge in [0.25, 0.3) is 0 Å². The molecule has 0 atom stereocenters. The van der Waals surface area contributed by atoms with E-state index in [-0.39, 0.29) is 24.2 Å². The van der Waals surface area contributed by atoms with Gasteiger partial charge < -0.3 is 9.64 Å². The topological polar surface area (TPSA) is 46.6 Å². The minimum atomic E-state index is -0.433. The number of piperidine rings is 1. The van der Waals surface area contributed by atoms with Crippen molar-refractivity contribution in [2.45, 2.75) is 38.5 Å². The third kappa shape index (κ3) is 3.87. The number of carbonyl (C=O) groups excluding carboxylic acids is 2. The molecule has 1 saturated heterocycles. The van der Waals surface area contributed by atoms with Gasteiger partial charge in [-0.3, -0.25) is 9.59 Å². The Balaban J connectivity index is 0.00000242. The lowest BCUT2D eigenvalue weighted by Gasteiger charge is -2.40. The molecular weight excluding hydrogens is 302 g/mol. The van der Waals surface area contributed by atoms with Crippen molar-refractivity contribution in [1.82, 2.24) is 4.90 Å². The highest BCUT2D eigenvalue weighted by molar-refractivity contribution is 5.90. The minimum absolute atomic E-state index is 0. The van der Waals surface area contributed by atoms with Crippen molar-refractivity contribution < 1.29 is 14.3 Å². The monoisotopic (exact) mass is 325 g/mol. The summed E-state index contributed by atoms with van der Waals surface area (Å²) in [4.78, 5) is 26.0. The van der Waals surface area contributed by atoms with Gasteiger partial charge in [-0.05, 0) is 50.7 Å². The number of rotatable bonds is 4. The zero-order valence-electron chi connectivity index (χ0n) is 13.4. The predicted molar refractivity (Wildman–Crippen MR) is 88.7 cm³/mol. The van der Waals surface area contributed by atoms with E-state index in [0.717, 1.165) is 31.5 Å². The summed E-state index contributed by atoms with van der Waals surface area (Å²) >= 11 is 0. The fourth-order valence-electron chi connectivity index (χ4n) is 3.09. The molecule has 4 nitrogen and oxygen atoms in total. The van der Waals surface area contributed by atoms with Gasteiger partial charge in [0, 0.05) is 13.3 Å². The molecule has 22 heavy (non-hydrogen) atoms. The van der Waals surface area contributed by atoms with Crippen LogP contribution in [0.5, 0.6) is 5.75 Å². The number of Topliss-reactive ketones (excluding diaryl/α,β-unsaturated/α-hetero) is 1. The van der Waals surface area contributed by atoms with Gasteiger partial charge in [0.05, 0.1) is 5.41 Å². The van der Waals surface area contributed by atoms with E-state index in [1.807, 2.05) is 25.1 Å². The van der Waals surface area contributed by atoms with E-state index in [1.165, 1.54) is 6.92 Å². The van der Waals surface area contributed by atoms with Crippen molar-refractivity contribution in [2.24, 2.45) is 0 Å². The van der Waals surface area contributed by atoms with Crippen molar-refractivity contribution in [3.8, 4) is 5.75 Å². The standard InChI is InChI=1S/C17H23NO3.ClH/c1-4-16(20)17(8-10-18(3)11-9-17)14-6-5-7-15(12-14)21-13(2)19;/h5-7,12H,4,8-11H2,1-3H3;1H. The molecule has 0 aliphatic carbocycles. The first kappa shape index (κ1) is 18.7. The Morgan fingerprint density at radius 2 is 1.91 bits per heavy atom. The maximum absolute atomic E-state index is 12.6. The van der Waals surface area contributed by atoms with Crippen molar-refractivity contribution in [3.05, 3.63) is 29.8 Å². The molecule has 0 aromatic heterocycles. The Morgan fingerprint density at radius 1 is 1.27 bits per heavy atom. The van der Waals surface area contributed by atoms with Crippen molar-refractivity contribution in [3.63, 3.8) is 0 Å². The summed E-state index contributed by atoms with van der Waals surface area (Å²) in [5.74, 6) is 0.448. The fraction of sp³-hybridized carbons (Fsp3) is 0.529. The number of benzene rings is 1. The lowest BCUT2D eigenvalue weighted by Crippen LogP contribution is -2.46. The average molecular weight is 326 g/mol. The molecule has 5 heteroatoms. The highest BCUT2D eigenvalue weighted by atomic mass is 35.5. The third-order valence-electron chi connectivity index (χ3n) is 4.34. The van der Waals surface area contributed by atoms with Gasteiger partial charge in [-0.25, -0.2) is 0 Å². The molecule has 122 valence electrons. The molecule has 1 fully saturated rings. The van der Waals surface area contributed by atoms with Crippen LogP contribution in [0.3, 0.4) is 0 Å². The van der Waals surface area contributed by atoms with Crippen LogP contribution in [-0.2, 0) is 15.0 Å². The number of hydrogen-bond acceptors (Lipinski definition) is 4. The van der Waals surface area contributed by atoms with Gasteiger partial charge >= 0.3 is 5.97 Å². The van der Waals surface area contributed by atoms with E-state index in [1.54, 1.807) is 6.07 Å². The quantitative estimate of drug-likeness (QED) is 0.630. The second-order valence-electron chi connectivity index (χ2n) is 5.78. The molecule has 0 radical (unpaired) electrons. The number of carbonyl (C=O) groups is 2. The maximum atomic E-state index is 12.6. The van der Waals surface area contributed by atoms with Crippen LogP contribution < -0.4 is 4.74 Å². The Bertz CT molecular complexity index is 536. The number of esters is 1. The summed E-state index contributed by atoms with van der Waals surface area (Å²) in [6.45, 7) is 5.11. The Hall–Kier alpha value is -1.39. The highest BCUT2D eigenvalue weighted by Gasteiger charge is 2.41. The van der Waals surface area contributed by atoms with Crippen molar-refractivity contribution in [2.75, 3.05) is 20.1 Å². The number of likely N-dealkylation sites (tertiary alicyclic amines) is 1. The molecule has 2 rings (SSSR count). The van der Waals surface area contributed by atoms with E-state index in [9.17, 15) is 9.59 Å². The molecule has 1 aromatic rings. The normalized spacial score (nSPS) is 17.4. The summed E-state index contributed by atoms with van der Waals surface area (Å²) in [6, 6.07) is 7.44. The SMILES string of the molecule is CCC(=O)C1(c2cccc(OC(C)=O)c2)CCN(C)CC1.Cl. The van der Waals surface area contributed by atoms with E-state index in [0.29, 0.717) is 12.2 Å². The summed E-state index contributed by atoms with van der Waals surface area (Å²) < 4.78 is 5.16. The Labute approximate surface area is 138 Å². The smallest absolute Gasteiger partial charge is 0.308 e. The second-order valence-corrected chi connectivity index (χ2v) is 5.78. The largest absolute Gasteiger partial charge is 0.427 e. The van der Waals surface area contributed by atoms with Gasteiger partial charge in [0.15, 0.2) is 0 Å². The summed E-state index contributed by atoms with van der Waals surface area (Å²) in [5, 5.41) is 0. The molecule has 0 bridgehead atoms. The van der Waals surface area contributed by atoms with Gasteiger partial charge in [-0.1, -0.05) is 19.1 Å². The first-order valence-electron chi connectivity index (χ1n) is 7.49. The summed E-state index contributed by atoms with van der Waals surface area (Å²) in [5.41, 5.74) is 0.540. The van der Waals surface area contributed by atoms with Gasteiger partial charge in [-0.2, -0.15) is 0 Å². The first-order chi connectivity index (χ1) is 9.98. The average Bonchev–Trinajstić information content (AvgIpc) is 2.47. The van der Waals surface area contributed by atoms with E-state index >= 15 is 0 Å². The van der Waals surface area contributed by atoms with Crippen LogP contribution in [-0.4, -0.2) is 36.8 Å². The second kappa shape index (κ2) is 7.75. The van der Waals surface area contributed by atoms with Crippen LogP contribution in [0.2, 0.25) is 0 Å². The molecule has 0 amide bonds.